The molecule has 0 spiro atoms. The zero-order valence-corrected chi connectivity index (χ0v) is 13.4. The number of anilines is 2. The fourth-order valence-electron chi connectivity index (χ4n) is 1.57. The van der Waals surface area contributed by atoms with Crippen molar-refractivity contribution in [3.05, 3.63) is 49.5 Å². The van der Waals surface area contributed by atoms with E-state index in [4.69, 9.17) is 4.74 Å². The number of rotatable bonds is 4. The summed E-state index contributed by atoms with van der Waals surface area (Å²) in [6, 6.07) is 6.70. The second-order valence-electron chi connectivity index (χ2n) is 3.75. The van der Waals surface area contributed by atoms with E-state index in [1.54, 1.807) is 12.1 Å². The van der Waals surface area contributed by atoms with E-state index < -0.39 is 4.92 Å². The summed E-state index contributed by atoms with van der Waals surface area (Å²) < 4.78 is 6.56. The molecule has 0 atom stereocenters. The van der Waals surface area contributed by atoms with Gasteiger partial charge in [-0.15, -0.1) is 0 Å². The van der Waals surface area contributed by atoms with Crippen molar-refractivity contribution in [2.75, 3.05) is 12.4 Å². The molecule has 0 aliphatic rings. The van der Waals surface area contributed by atoms with Crippen molar-refractivity contribution >= 4 is 49.1 Å². The Morgan fingerprint density at radius 3 is 2.70 bits per heavy atom. The van der Waals surface area contributed by atoms with Crippen molar-refractivity contribution < 1.29 is 9.66 Å². The number of aromatic nitrogens is 1. The van der Waals surface area contributed by atoms with Crippen LogP contribution in [0.3, 0.4) is 0 Å². The van der Waals surface area contributed by atoms with Gasteiger partial charge in [0, 0.05) is 21.2 Å². The van der Waals surface area contributed by atoms with E-state index in [0.717, 1.165) is 4.47 Å². The molecule has 0 radical (unpaired) electrons. The monoisotopic (exact) mass is 401 g/mol. The summed E-state index contributed by atoms with van der Waals surface area (Å²) in [7, 11) is 1.53. The molecule has 0 fully saturated rings. The van der Waals surface area contributed by atoms with Gasteiger partial charge in [0.2, 0.25) is 5.82 Å². The third-order valence-electron chi connectivity index (χ3n) is 2.45. The van der Waals surface area contributed by atoms with E-state index in [2.05, 4.69) is 42.2 Å². The summed E-state index contributed by atoms with van der Waals surface area (Å²) in [6.07, 6.45) is 1.49. The van der Waals surface area contributed by atoms with E-state index in [-0.39, 0.29) is 11.5 Å². The van der Waals surface area contributed by atoms with Gasteiger partial charge >= 0.3 is 5.69 Å². The maximum absolute atomic E-state index is 11.0. The molecule has 0 bridgehead atoms. The molecule has 0 saturated heterocycles. The Balaban J connectivity index is 2.44. The first kappa shape index (κ1) is 14.7. The quantitative estimate of drug-likeness (QED) is 0.610. The minimum Gasteiger partial charge on any atom is -0.495 e. The molecule has 0 unspecified atom stereocenters. The molecule has 2 aromatic rings. The maximum atomic E-state index is 11.0. The Labute approximate surface area is 131 Å². The molecule has 8 heteroatoms. The van der Waals surface area contributed by atoms with Gasteiger partial charge in [-0.1, -0.05) is 15.9 Å². The highest BCUT2D eigenvalue weighted by Gasteiger charge is 2.17. The van der Waals surface area contributed by atoms with Gasteiger partial charge in [0.25, 0.3) is 0 Å². The highest BCUT2D eigenvalue weighted by Crippen LogP contribution is 2.33. The minimum absolute atomic E-state index is 0.124. The average Bonchev–Trinajstić information content (AvgIpc) is 2.41. The number of benzene rings is 1. The van der Waals surface area contributed by atoms with Crippen molar-refractivity contribution in [2.24, 2.45) is 0 Å². The molecule has 104 valence electrons. The molecule has 1 heterocycles. The van der Waals surface area contributed by atoms with Gasteiger partial charge in [-0.2, -0.15) is 0 Å². The standard InChI is InChI=1S/C12H9Br2N3O3/c1-20-11-3-2-7(13)4-9(11)16-12-10(17(18)19)5-8(14)6-15-12/h2-6H,1H3,(H,15,16). The lowest BCUT2D eigenvalue weighted by molar-refractivity contribution is -0.384. The van der Waals surface area contributed by atoms with Crippen LogP contribution in [0.25, 0.3) is 0 Å². The van der Waals surface area contributed by atoms with E-state index >= 15 is 0 Å². The highest BCUT2D eigenvalue weighted by atomic mass is 79.9. The Hall–Kier alpha value is -1.67. The highest BCUT2D eigenvalue weighted by molar-refractivity contribution is 9.10. The Kier molecular flexibility index (Phi) is 4.56. The smallest absolute Gasteiger partial charge is 0.312 e. The number of halogens is 2. The van der Waals surface area contributed by atoms with Crippen LogP contribution in [-0.2, 0) is 0 Å². The molecule has 1 aromatic heterocycles. The van der Waals surface area contributed by atoms with E-state index in [9.17, 15) is 10.1 Å². The molecule has 0 saturated carbocycles. The van der Waals surface area contributed by atoms with Crippen LogP contribution in [0.5, 0.6) is 5.75 Å². The molecule has 6 nitrogen and oxygen atoms in total. The van der Waals surface area contributed by atoms with Gasteiger partial charge in [-0.3, -0.25) is 10.1 Å². The molecular formula is C12H9Br2N3O3. The zero-order chi connectivity index (χ0) is 14.7. The van der Waals surface area contributed by atoms with Gasteiger partial charge in [0.1, 0.15) is 5.75 Å². The fourth-order valence-corrected chi connectivity index (χ4v) is 2.25. The van der Waals surface area contributed by atoms with Gasteiger partial charge in [0.15, 0.2) is 0 Å². The SMILES string of the molecule is COc1ccc(Br)cc1Nc1ncc(Br)cc1[N+](=O)[O-]. The summed E-state index contributed by atoms with van der Waals surface area (Å²) >= 11 is 6.50. The van der Waals surface area contributed by atoms with Crippen LogP contribution >= 0.6 is 31.9 Å². The summed E-state index contributed by atoms with van der Waals surface area (Å²) in [5.41, 5.74) is 0.459. The van der Waals surface area contributed by atoms with E-state index in [1.807, 2.05) is 6.07 Å². The summed E-state index contributed by atoms with van der Waals surface area (Å²) in [4.78, 5) is 14.6. The number of methoxy groups -OCH3 is 1. The van der Waals surface area contributed by atoms with Crippen molar-refractivity contribution in [3.63, 3.8) is 0 Å². The first-order chi connectivity index (χ1) is 9.51. The summed E-state index contributed by atoms with van der Waals surface area (Å²) in [5, 5.41) is 14.0. The number of nitrogens with zero attached hydrogens (tertiary/aromatic N) is 2. The van der Waals surface area contributed by atoms with E-state index in [1.165, 1.54) is 19.4 Å². The Morgan fingerprint density at radius 1 is 1.30 bits per heavy atom. The molecule has 2 rings (SSSR count). The number of ether oxygens (including phenoxy) is 1. The molecule has 1 N–H and O–H groups in total. The first-order valence-corrected chi connectivity index (χ1v) is 7.00. The topological polar surface area (TPSA) is 77.3 Å². The van der Waals surface area contributed by atoms with Gasteiger partial charge in [-0.25, -0.2) is 4.98 Å². The number of hydrogen-bond acceptors (Lipinski definition) is 5. The van der Waals surface area contributed by atoms with Crippen LogP contribution in [0.1, 0.15) is 0 Å². The Morgan fingerprint density at radius 2 is 2.05 bits per heavy atom. The average molecular weight is 403 g/mol. The third-order valence-corrected chi connectivity index (χ3v) is 3.37. The van der Waals surface area contributed by atoms with Gasteiger partial charge in [-0.05, 0) is 34.1 Å². The second-order valence-corrected chi connectivity index (χ2v) is 5.58. The lowest BCUT2D eigenvalue weighted by Crippen LogP contribution is -2.01. The number of hydrogen-bond donors (Lipinski definition) is 1. The second kappa shape index (κ2) is 6.19. The minimum atomic E-state index is -0.495. The molecule has 0 amide bonds. The molecular weight excluding hydrogens is 394 g/mol. The van der Waals surface area contributed by atoms with Crippen LogP contribution < -0.4 is 10.1 Å². The van der Waals surface area contributed by atoms with Crippen LogP contribution in [0.2, 0.25) is 0 Å². The molecule has 20 heavy (non-hydrogen) atoms. The summed E-state index contributed by atoms with van der Waals surface area (Å²) in [5.74, 6) is 0.710. The normalized spacial score (nSPS) is 10.2. The molecule has 0 aliphatic carbocycles. The number of nitro groups is 1. The van der Waals surface area contributed by atoms with Crippen molar-refractivity contribution in [3.8, 4) is 5.75 Å². The molecule has 1 aromatic carbocycles. The maximum Gasteiger partial charge on any atom is 0.312 e. The largest absolute Gasteiger partial charge is 0.495 e. The lowest BCUT2D eigenvalue weighted by atomic mass is 10.3. The van der Waals surface area contributed by atoms with E-state index in [0.29, 0.717) is 15.9 Å². The Bertz CT molecular complexity index is 664. The van der Waals surface area contributed by atoms with Crippen LogP contribution in [0, 0.1) is 10.1 Å². The third kappa shape index (κ3) is 3.26. The lowest BCUT2D eigenvalue weighted by Gasteiger charge is -2.11. The van der Waals surface area contributed by atoms with Crippen molar-refractivity contribution in [1.29, 1.82) is 0 Å². The van der Waals surface area contributed by atoms with Crippen molar-refractivity contribution in [1.82, 2.24) is 4.98 Å². The fraction of sp³-hybridized carbons (Fsp3) is 0.0833. The van der Waals surface area contributed by atoms with Crippen LogP contribution in [0.15, 0.2) is 39.4 Å². The zero-order valence-electron chi connectivity index (χ0n) is 10.3. The van der Waals surface area contributed by atoms with Gasteiger partial charge in [0.05, 0.1) is 17.7 Å². The molecule has 0 aliphatic heterocycles. The van der Waals surface area contributed by atoms with Crippen LogP contribution in [0.4, 0.5) is 17.2 Å². The predicted octanol–water partition coefficient (Wildman–Crippen LogP) is 4.27. The first-order valence-electron chi connectivity index (χ1n) is 5.41. The van der Waals surface area contributed by atoms with Crippen LogP contribution in [-0.4, -0.2) is 17.0 Å². The predicted molar refractivity (Wildman–Crippen MR) is 82.6 cm³/mol. The van der Waals surface area contributed by atoms with Crippen molar-refractivity contribution in [2.45, 2.75) is 0 Å². The van der Waals surface area contributed by atoms with Gasteiger partial charge < -0.3 is 10.1 Å². The number of pyridine rings is 1. The summed E-state index contributed by atoms with van der Waals surface area (Å²) in [6.45, 7) is 0. The number of nitrogens with one attached hydrogen (secondary N) is 1.